The fourth-order valence-electron chi connectivity index (χ4n) is 2.21. The van der Waals surface area contributed by atoms with Gasteiger partial charge in [-0.15, -0.1) is 0 Å². The van der Waals surface area contributed by atoms with Gasteiger partial charge in [-0.1, -0.05) is 0 Å². The van der Waals surface area contributed by atoms with Crippen molar-refractivity contribution in [3.8, 4) is 0 Å². The van der Waals surface area contributed by atoms with Gasteiger partial charge in [0.05, 0.1) is 0 Å². The Morgan fingerprint density at radius 3 is 2.56 bits per heavy atom. The largest absolute Gasteiger partial charge is 0.396 e. The van der Waals surface area contributed by atoms with E-state index in [4.69, 9.17) is 5.11 Å². The van der Waals surface area contributed by atoms with Crippen LogP contribution in [0.5, 0.6) is 0 Å². The van der Waals surface area contributed by atoms with Crippen molar-refractivity contribution >= 4 is 15.7 Å². The van der Waals surface area contributed by atoms with Crippen molar-refractivity contribution in [3.63, 3.8) is 0 Å². The average Bonchev–Trinajstić information content (AvgIpc) is 2.27. The molecular weight excluding hydrogens is 254 g/mol. The summed E-state index contributed by atoms with van der Waals surface area (Å²) in [5, 5.41) is 8.93. The van der Waals surface area contributed by atoms with Crippen molar-refractivity contribution in [2.24, 2.45) is 5.92 Å². The Hall–Kier alpha value is -0.620. The van der Waals surface area contributed by atoms with Gasteiger partial charge in [0.15, 0.2) is 9.84 Å². The van der Waals surface area contributed by atoms with Gasteiger partial charge in [0.25, 0.3) is 0 Å². The second-order valence-electron chi connectivity index (χ2n) is 5.55. The van der Waals surface area contributed by atoms with Crippen molar-refractivity contribution in [2.45, 2.75) is 37.9 Å². The first kappa shape index (κ1) is 15.4. The summed E-state index contributed by atoms with van der Waals surface area (Å²) in [4.78, 5) is 13.9. The number of aliphatic hydroxyl groups excluding tert-OH is 1. The Labute approximate surface area is 109 Å². The van der Waals surface area contributed by atoms with Crippen LogP contribution in [0.2, 0.25) is 0 Å². The minimum absolute atomic E-state index is 0.113. The van der Waals surface area contributed by atoms with Gasteiger partial charge < -0.3 is 10.0 Å². The van der Waals surface area contributed by atoms with Gasteiger partial charge in [-0.2, -0.15) is 0 Å². The molecule has 1 saturated heterocycles. The lowest BCUT2D eigenvalue weighted by molar-refractivity contribution is -0.135. The van der Waals surface area contributed by atoms with E-state index in [2.05, 4.69) is 0 Å². The van der Waals surface area contributed by atoms with Gasteiger partial charge in [0, 0.05) is 26.0 Å². The molecule has 18 heavy (non-hydrogen) atoms. The van der Waals surface area contributed by atoms with Gasteiger partial charge in [0.1, 0.15) is 4.75 Å². The Kier molecular flexibility index (Phi) is 4.78. The highest BCUT2D eigenvalue weighted by molar-refractivity contribution is 7.92. The van der Waals surface area contributed by atoms with Crippen LogP contribution >= 0.6 is 0 Å². The van der Waals surface area contributed by atoms with Gasteiger partial charge in [-0.3, -0.25) is 4.79 Å². The third-order valence-electron chi connectivity index (χ3n) is 3.79. The van der Waals surface area contributed by atoms with E-state index in [9.17, 15) is 13.2 Å². The first-order chi connectivity index (χ1) is 8.20. The Balaban J connectivity index is 2.78. The topological polar surface area (TPSA) is 74.7 Å². The van der Waals surface area contributed by atoms with Crippen LogP contribution in [0.3, 0.4) is 0 Å². The number of piperidine rings is 1. The van der Waals surface area contributed by atoms with E-state index in [-0.39, 0.29) is 18.4 Å². The van der Waals surface area contributed by atoms with Crippen molar-refractivity contribution < 1.29 is 18.3 Å². The summed E-state index contributed by atoms with van der Waals surface area (Å²) in [6.45, 7) is 4.20. The number of carbonyl (C=O) groups excluding carboxylic acids is 1. The lowest BCUT2D eigenvalue weighted by Crippen LogP contribution is -2.52. The molecule has 0 saturated carbocycles. The van der Waals surface area contributed by atoms with Gasteiger partial charge >= 0.3 is 0 Å². The maximum absolute atomic E-state index is 12.3. The third-order valence-corrected chi connectivity index (χ3v) is 5.81. The molecule has 0 aromatic heterocycles. The van der Waals surface area contributed by atoms with Crippen molar-refractivity contribution in [3.05, 3.63) is 0 Å². The molecule has 1 rings (SSSR count). The number of rotatable bonds is 4. The molecule has 1 amide bonds. The smallest absolute Gasteiger partial charge is 0.243 e. The summed E-state index contributed by atoms with van der Waals surface area (Å²) in [6, 6.07) is 0. The number of hydrogen-bond donors (Lipinski definition) is 1. The summed E-state index contributed by atoms with van der Waals surface area (Å²) in [5.41, 5.74) is 0. The van der Waals surface area contributed by atoms with E-state index in [0.29, 0.717) is 19.5 Å². The fraction of sp³-hybridized carbons (Fsp3) is 0.917. The summed E-state index contributed by atoms with van der Waals surface area (Å²) >= 11 is 0. The number of carbonyl (C=O) groups is 1. The van der Waals surface area contributed by atoms with E-state index in [0.717, 1.165) is 19.1 Å². The molecule has 0 aliphatic carbocycles. The summed E-state index contributed by atoms with van der Waals surface area (Å²) in [6.07, 6.45) is 3.63. The SMILES string of the molecule is CC(C)(C(=O)N1CCCC(CCO)C1)S(C)(=O)=O. The van der Waals surface area contributed by atoms with Crippen LogP contribution in [0.15, 0.2) is 0 Å². The maximum atomic E-state index is 12.3. The molecule has 1 heterocycles. The van der Waals surface area contributed by atoms with E-state index in [1.54, 1.807) is 4.90 Å². The Morgan fingerprint density at radius 1 is 1.44 bits per heavy atom. The molecule has 1 fully saturated rings. The number of amides is 1. The molecule has 0 bridgehead atoms. The van der Waals surface area contributed by atoms with Crippen LogP contribution in [0.25, 0.3) is 0 Å². The van der Waals surface area contributed by atoms with Crippen LogP contribution < -0.4 is 0 Å². The molecule has 1 atom stereocenters. The molecule has 5 nitrogen and oxygen atoms in total. The quantitative estimate of drug-likeness (QED) is 0.808. The maximum Gasteiger partial charge on any atom is 0.243 e. The highest BCUT2D eigenvalue weighted by atomic mass is 32.2. The van der Waals surface area contributed by atoms with Crippen molar-refractivity contribution in [2.75, 3.05) is 26.0 Å². The third kappa shape index (κ3) is 3.23. The Bertz CT molecular complexity index is 400. The summed E-state index contributed by atoms with van der Waals surface area (Å²) in [5.74, 6) is -0.0456. The standard InChI is InChI=1S/C12H23NO4S/c1-12(2,18(3,16)17)11(15)13-7-4-5-10(9-13)6-8-14/h10,14H,4-9H2,1-3H3. The lowest BCUT2D eigenvalue weighted by Gasteiger charge is -2.36. The van der Waals surface area contributed by atoms with E-state index < -0.39 is 14.6 Å². The Morgan fingerprint density at radius 2 is 2.06 bits per heavy atom. The molecule has 0 aromatic carbocycles. The molecule has 0 spiro atoms. The van der Waals surface area contributed by atoms with Crippen molar-refractivity contribution in [1.29, 1.82) is 0 Å². The molecule has 6 heteroatoms. The molecule has 106 valence electrons. The van der Waals surface area contributed by atoms with Gasteiger partial charge in [-0.05, 0) is 39.0 Å². The molecule has 0 aromatic rings. The highest BCUT2D eigenvalue weighted by Crippen LogP contribution is 2.25. The van der Waals surface area contributed by atoms with Crippen LogP contribution in [-0.2, 0) is 14.6 Å². The second kappa shape index (κ2) is 5.57. The molecular formula is C12H23NO4S. The fourth-order valence-corrected chi connectivity index (χ4v) is 2.65. The molecule has 1 unspecified atom stereocenters. The number of likely N-dealkylation sites (tertiary alicyclic amines) is 1. The zero-order chi connectivity index (χ0) is 14.0. The molecule has 1 aliphatic rings. The predicted octanol–water partition coefficient (Wildman–Crippen LogP) is 0.431. The predicted molar refractivity (Wildman–Crippen MR) is 69.9 cm³/mol. The van der Waals surface area contributed by atoms with E-state index >= 15 is 0 Å². The average molecular weight is 277 g/mol. The zero-order valence-electron chi connectivity index (χ0n) is 11.3. The van der Waals surface area contributed by atoms with Crippen LogP contribution in [0.1, 0.15) is 33.1 Å². The van der Waals surface area contributed by atoms with Crippen molar-refractivity contribution in [1.82, 2.24) is 4.90 Å². The first-order valence-electron chi connectivity index (χ1n) is 6.30. The van der Waals surface area contributed by atoms with E-state index in [1.165, 1.54) is 13.8 Å². The second-order valence-corrected chi connectivity index (χ2v) is 8.12. The van der Waals surface area contributed by atoms with Gasteiger partial charge in [-0.25, -0.2) is 8.42 Å². The number of hydrogen-bond acceptors (Lipinski definition) is 4. The van der Waals surface area contributed by atoms with Gasteiger partial charge in [0.2, 0.25) is 5.91 Å². The minimum Gasteiger partial charge on any atom is -0.396 e. The molecule has 1 aliphatic heterocycles. The van der Waals surface area contributed by atoms with E-state index in [1.807, 2.05) is 0 Å². The number of aliphatic hydroxyl groups is 1. The lowest BCUT2D eigenvalue weighted by atomic mass is 9.94. The monoisotopic (exact) mass is 277 g/mol. The summed E-state index contributed by atoms with van der Waals surface area (Å²) < 4.78 is 21.9. The first-order valence-corrected chi connectivity index (χ1v) is 8.19. The molecule has 0 radical (unpaired) electrons. The molecule has 1 N–H and O–H groups in total. The van der Waals surface area contributed by atoms with Crippen LogP contribution in [-0.4, -0.2) is 55.0 Å². The number of nitrogens with zero attached hydrogens (tertiary/aromatic N) is 1. The number of sulfone groups is 1. The van der Waals surface area contributed by atoms with Crippen LogP contribution in [0.4, 0.5) is 0 Å². The zero-order valence-corrected chi connectivity index (χ0v) is 12.2. The minimum atomic E-state index is -3.42. The summed E-state index contributed by atoms with van der Waals surface area (Å²) in [7, 11) is -3.42. The van der Waals surface area contributed by atoms with Crippen LogP contribution in [0, 0.1) is 5.92 Å². The highest BCUT2D eigenvalue weighted by Gasteiger charge is 2.42. The normalized spacial score (nSPS) is 22.0.